The smallest absolute Gasteiger partial charge is 0.320 e. The minimum atomic E-state index is -0.963. The largest absolute Gasteiger partial charge is 0.480 e. The lowest BCUT2D eigenvalue weighted by Crippen LogP contribution is -2.28. The first-order valence-corrected chi connectivity index (χ1v) is 3.79. The molecule has 78 valence electrons. The van der Waals surface area contributed by atoms with Crippen LogP contribution in [0.3, 0.4) is 0 Å². The number of carboxylic acid groups (broad SMARTS) is 2. The highest BCUT2D eigenvalue weighted by molar-refractivity contribution is 5.73. The Morgan fingerprint density at radius 1 is 1.23 bits per heavy atom. The SMILES string of the molecule is CCC(N)C(=O)O.C[C@H](N)C(=O)O. The van der Waals surface area contributed by atoms with Gasteiger partial charge in [-0.3, -0.25) is 9.59 Å². The van der Waals surface area contributed by atoms with Gasteiger partial charge in [0.15, 0.2) is 0 Å². The second-order valence-electron chi connectivity index (χ2n) is 2.48. The summed E-state index contributed by atoms with van der Waals surface area (Å²) in [5, 5.41) is 15.9. The average molecular weight is 192 g/mol. The minimum absolute atomic E-state index is 0.495. The average Bonchev–Trinajstić information content (AvgIpc) is 2.03. The number of aliphatic carboxylic acids is 2. The van der Waals surface area contributed by atoms with Crippen LogP contribution < -0.4 is 11.5 Å². The van der Waals surface area contributed by atoms with Gasteiger partial charge in [0.05, 0.1) is 0 Å². The summed E-state index contributed by atoms with van der Waals surface area (Å²) in [6.07, 6.45) is 0.495. The topological polar surface area (TPSA) is 127 Å². The van der Waals surface area contributed by atoms with Crippen molar-refractivity contribution in [3.63, 3.8) is 0 Å². The van der Waals surface area contributed by atoms with Crippen molar-refractivity contribution >= 4 is 11.9 Å². The summed E-state index contributed by atoms with van der Waals surface area (Å²) in [5.74, 6) is -1.89. The Morgan fingerprint density at radius 2 is 1.54 bits per heavy atom. The van der Waals surface area contributed by atoms with E-state index in [2.05, 4.69) is 0 Å². The fourth-order valence-electron chi connectivity index (χ4n) is 0.175. The molecule has 0 aromatic carbocycles. The third-order valence-electron chi connectivity index (χ3n) is 1.15. The molecule has 6 N–H and O–H groups in total. The van der Waals surface area contributed by atoms with Crippen molar-refractivity contribution in [2.24, 2.45) is 11.5 Å². The second kappa shape index (κ2) is 7.51. The Morgan fingerprint density at radius 3 is 1.54 bits per heavy atom. The third kappa shape index (κ3) is 10.9. The van der Waals surface area contributed by atoms with Crippen LogP contribution in [0.2, 0.25) is 0 Å². The van der Waals surface area contributed by atoms with Crippen molar-refractivity contribution in [2.75, 3.05) is 0 Å². The highest BCUT2D eigenvalue weighted by atomic mass is 16.4. The van der Waals surface area contributed by atoms with Gasteiger partial charge in [0.1, 0.15) is 12.1 Å². The predicted molar refractivity (Wildman–Crippen MR) is 47.2 cm³/mol. The molecule has 0 radical (unpaired) electrons. The summed E-state index contributed by atoms with van der Waals surface area (Å²) in [7, 11) is 0. The highest BCUT2D eigenvalue weighted by Crippen LogP contribution is 1.82. The molecule has 1 unspecified atom stereocenters. The first kappa shape index (κ1) is 14.4. The first-order chi connectivity index (χ1) is 5.82. The molecule has 2 atom stereocenters. The molecule has 0 aliphatic carbocycles. The van der Waals surface area contributed by atoms with Gasteiger partial charge >= 0.3 is 11.9 Å². The van der Waals surface area contributed by atoms with Crippen LogP contribution in [-0.2, 0) is 9.59 Å². The van der Waals surface area contributed by atoms with Gasteiger partial charge in [-0.2, -0.15) is 0 Å². The van der Waals surface area contributed by atoms with Crippen LogP contribution in [-0.4, -0.2) is 34.2 Å². The Kier molecular flexibility index (Phi) is 8.31. The molecule has 0 amide bonds. The molecule has 6 nitrogen and oxygen atoms in total. The summed E-state index contributed by atoms with van der Waals surface area (Å²) in [6.45, 7) is 3.15. The van der Waals surface area contributed by atoms with E-state index in [1.807, 2.05) is 0 Å². The van der Waals surface area contributed by atoms with Crippen LogP contribution in [0.1, 0.15) is 20.3 Å². The summed E-state index contributed by atoms with van der Waals surface area (Å²) < 4.78 is 0. The van der Waals surface area contributed by atoms with Crippen molar-refractivity contribution in [2.45, 2.75) is 32.4 Å². The Labute approximate surface area is 76.5 Å². The zero-order chi connectivity index (χ0) is 11.0. The van der Waals surface area contributed by atoms with E-state index in [9.17, 15) is 9.59 Å². The molecule has 13 heavy (non-hydrogen) atoms. The number of carbonyl (C=O) groups is 2. The Bertz CT molecular complexity index is 170. The van der Waals surface area contributed by atoms with Gasteiger partial charge in [-0.05, 0) is 13.3 Å². The summed E-state index contributed by atoms with van der Waals surface area (Å²) in [6, 6.07) is -1.41. The van der Waals surface area contributed by atoms with Crippen molar-refractivity contribution in [1.82, 2.24) is 0 Å². The fourth-order valence-corrected chi connectivity index (χ4v) is 0.175. The molecule has 0 aliphatic rings. The zero-order valence-electron chi connectivity index (χ0n) is 7.73. The summed E-state index contributed by atoms with van der Waals surface area (Å²) >= 11 is 0. The van der Waals surface area contributed by atoms with Gasteiger partial charge in [-0.25, -0.2) is 0 Å². The van der Waals surface area contributed by atoms with Crippen LogP contribution in [0.25, 0.3) is 0 Å². The lowest BCUT2D eigenvalue weighted by atomic mass is 10.2. The normalized spacial score (nSPS) is 13.5. The zero-order valence-corrected chi connectivity index (χ0v) is 7.73. The van der Waals surface area contributed by atoms with E-state index in [1.165, 1.54) is 6.92 Å². The molecule has 0 aromatic heterocycles. The van der Waals surface area contributed by atoms with Gasteiger partial charge in [-0.1, -0.05) is 6.92 Å². The van der Waals surface area contributed by atoms with Gasteiger partial charge in [0, 0.05) is 0 Å². The van der Waals surface area contributed by atoms with Crippen molar-refractivity contribution < 1.29 is 19.8 Å². The van der Waals surface area contributed by atoms with Gasteiger partial charge in [0.2, 0.25) is 0 Å². The van der Waals surface area contributed by atoms with Crippen LogP contribution in [0.15, 0.2) is 0 Å². The minimum Gasteiger partial charge on any atom is -0.480 e. The van der Waals surface area contributed by atoms with Crippen molar-refractivity contribution in [3.8, 4) is 0 Å². The fraction of sp³-hybridized carbons (Fsp3) is 0.714. The standard InChI is InChI=1S/C4H9NO2.C3H7NO2/c1-2-3(5)4(6)7;1-2(4)3(5)6/h3H,2,5H2,1H3,(H,6,7);2H,4H2,1H3,(H,5,6)/t;2-/m.0/s1. The number of hydrogen-bond donors (Lipinski definition) is 4. The Balaban J connectivity index is 0. The molecule has 0 bridgehead atoms. The molecule has 0 aliphatic heterocycles. The lowest BCUT2D eigenvalue weighted by Gasteiger charge is -1.97. The molecule has 6 heteroatoms. The molecule has 0 saturated carbocycles. The van der Waals surface area contributed by atoms with Gasteiger partial charge in [0.25, 0.3) is 0 Å². The molecule has 0 rings (SSSR count). The molecular weight excluding hydrogens is 176 g/mol. The van der Waals surface area contributed by atoms with E-state index in [0.717, 1.165) is 0 Å². The van der Waals surface area contributed by atoms with Crippen LogP contribution in [0, 0.1) is 0 Å². The molecule has 0 fully saturated rings. The molecule has 0 aromatic rings. The van der Waals surface area contributed by atoms with E-state index in [0.29, 0.717) is 6.42 Å². The maximum absolute atomic E-state index is 9.81. The van der Waals surface area contributed by atoms with Crippen LogP contribution >= 0.6 is 0 Å². The molecule has 0 heterocycles. The van der Waals surface area contributed by atoms with Gasteiger partial charge in [-0.15, -0.1) is 0 Å². The highest BCUT2D eigenvalue weighted by Gasteiger charge is 2.05. The molecular formula is C7H16N2O4. The van der Waals surface area contributed by atoms with Crippen molar-refractivity contribution in [1.29, 1.82) is 0 Å². The van der Waals surface area contributed by atoms with E-state index in [4.69, 9.17) is 21.7 Å². The maximum atomic E-state index is 9.81. The maximum Gasteiger partial charge on any atom is 0.320 e. The summed E-state index contributed by atoms with van der Waals surface area (Å²) in [5.41, 5.74) is 9.85. The van der Waals surface area contributed by atoms with E-state index < -0.39 is 24.0 Å². The number of carboxylic acids is 2. The lowest BCUT2D eigenvalue weighted by molar-refractivity contribution is -0.139. The number of hydrogen-bond acceptors (Lipinski definition) is 4. The van der Waals surface area contributed by atoms with Crippen LogP contribution in [0.4, 0.5) is 0 Å². The van der Waals surface area contributed by atoms with Gasteiger partial charge < -0.3 is 21.7 Å². The molecule has 0 spiro atoms. The monoisotopic (exact) mass is 192 g/mol. The third-order valence-corrected chi connectivity index (χ3v) is 1.15. The summed E-state index contributed by atoms with van der Waals surface area (Å²) in [4.78, 5) is 19.4. The quantitative estimate of drug-likeness (QED) is 0.465. The second-order valence-corrected chi connectivity index (χ2v) is 2.48. The first-order valence-electron chi connectivity index (χ1n) is 3.79. The van der Waals surface area contributed by atoms with E-state index in [1.54, 1.807) is 6.92 Å². The van der Waals surface area contributed by atoms with Crippen molar-refractivity contribution in [3.05, 3.63) is 0 Å². The van der Waals surface area contributed by atoms with Crippen LogP contribution in [0.5, 0.6) is 0 Å². The van der Waals surface area contributed by atoms with E-state index in [-0.39, 0.29) is 0 Å². The van der Waals surface area contributed by atoms with E-state index >= 15 is 0 Å². The number of nitrogens with two attached hydrogens (primary N) is 2. The number of rotatable bonds is 3. The Hall–Kier alpha value is -1.14. The predicted octanol–water partition coefficient (Wildman–Crippen LogP) is -0.773. The molecule has 0 saturated heterocycles.